The molecule has 2 aliphatic heterocycles. The van der Waals surface area contributed by atoms with Crippen LogP contribution in [0.25, 0.3) is 0 Å². The number of carbonyl (C=O) groups is 1. The minimum Gasteiger partial charge on any atom is -0.507 e. The Balaban J connectivity index is 1.82. The van der Waals surface area contributed by atoms with Crippen LogP contribution in [-0.2, 0) is 11.3 Å². The number of phenols is 2. The Morgan fingerprint density at radius 2 is 1.86 bits per heavy atom. The Labute approximate surface area is 162 Å². The van der Waals surface area contributed by atoms with Crippen LogP contribution in [0.5, 0.6) is 17.2 Å². The molecule has 2 N–H and O–H groups in total. The molecule has 2 aromatic carbocycles. The van der Waals surface area contributed by atoms with Crippen molar-refractivity contribution in [1.29, 1.82) is 0 Å². The monoisotopic (exact) mass is 376 g/mol. The van der Waals surface area contributed by atoms with Crippen molar-refractivity contribution in [3.8, 4) is 17.2 Å². The third kappa shape index (κ3) is 2.30. The number of carbonyl (C=O) groups excluding carboxylic acids is 1. The number of Topliss-reactive ketones (excluding diaryl/α,β-unsaturated/α-hetero) is 1. The number of hydrogen-bond donors (Lipinski definition) is 2. The van der Waals surface area contributed by atoms with E-state index in [1.54, 1.807) is 0 Å². The number of fused-ring (bicyclic) bond motifs is 2. The van der Waals surface area contributed by atoms with Crippen LogP contribution >= 0.6 is 0 Å². The quantitative estimate of drug-likeness (QED) is 0.695. The highest BCUT2D eigenvalue weighted by Crippen LogP contribution is 2.59. The van der Waals surface area contributed by atoms with E-state index < -0.39 is 5.92 Å². The molecule has 3 aliphatic rings. The number of ether oxygens (including phenoxy) is 1. The zero-order valence-electron chi connectivity index (χ0n) is 15.7. The van der Waals surface area contributed by atoms with Gasteiger partial charge in [0.25, 0.3) is 0 Å². The summed E-state index contributed by atoms with van der Waals surface area (Å²) in [5.41, 5.74) is 2.33. The molecule has 0 saturated carbocycles. The normalized spacial score (nSPS) is 21.8. The summed E-state index contributed by atoms with van der Waals surface area (Å²) < 4.78 is 6.08. The molecule has 0 bridgehead atoms. The smallest absolute Gasteiger partial charge is 0.187 e. The van der Waals surface area contributed by atoms with Gasteiger partial charge in [-0.15, -0.1) is 0 Å². The van der Waals surface area contributed by atoms with Crippen molar-refractivity contribution in [2.24, 2.45) is 15.6 Å². The van der Waals surface area contributed by atoms with Gasteiger partial charge in [-0.3, -0.25) is 4.79 Å². The number of aromatic hydroxyl groups is 2. The zero-order chi connectivity index (χ0) is 19.6. The fraction of sp³-hybridized carbons (Fsp3) is 0.318. The maximum atomic E-state index is 13.1. The van der Waals surface area contributed by atoms with Crippen molar-refractivity contribution in [1.82, 2.24) is 0 Å². The van der Waals surface area contributed by atoms with E-state index in [9.17, 15) is 15.0 Å². The second-order valence-corrected chi connectivity index (χ2v) is 8.39. The molecule has 28 heavy (non-hydrogen) atoms. The fourth-order valence-electron chi connectivity index (χ4n) is 4.50. The van der Waals surface area contributed by atoms with E-state index in [-0.39, 0.29) is 40.7 Å². The van der Waals surface area contributed by atoms with Crippen molar-refractivity contribution in [2.45, 2.75) is 39.2 Å². The van der Waals surface area contributed by atoms with Gasteiger partial charge in [0.15, 0.2) is 17.3 Å². The Bertz CT molecular complexity index is 1080. The van der Waals surface area contributed by atoms with Crippen LogP contribution < -0.4 is 4.74 Å². The first-order valence-electron chi connectivity index (χ1n) is 9.34. The lowest BCUT2D eigenvalue weighted by Crippen LogP contribution is -2.33. The number of rotatable bonds is 1. The molecule has 1 unspecified atom stereocenters. The minimum absolute atomic E-state index is 0.00848. The average molecular weight is 376 g/mol. The molecule has 2 aromatic rings. The van der Waals surface area contributed by atoms with Gasteiger partial charge in [-0.2, -0.15) is 10.2 Å². The van der Waals surface area contributed by atoms with Gasteiger partial charge in [-0.25, -0.2) is 0 Å². The predicted octanol–water partition coefficient (Wildman–Crippen LogP) is 4.86. The summed E-state index contributed by atoms with van der Waals surface area (Å²) in [6.07, 6.45) is 0.992. The molecule has 6 nitrogen and oxygen atoms in total. The second kappa shape index (κ2) is 5.67. The molecule has 0 amide bonds. The second-order valence-electron chi connectivity index (χ2n) is 8.39. The standard InChI is InChI=1S/C22H20N2O4/c1-22(2)8-13(25)16-14(9-22)28-21-17(15(16)11-6-4-3-5-7-11)19(26)12-10-23-24-18(12)20(21)27/h3-7,15,26-27H,8-10H2,1-2H3. The molecule has 0 spiro atoms. The summed E-state index contributed by atoms with van der Waals surface area (Å²) in [6.45, 7) is 4.25. The molecule has 2 heterocycles. The summed E-state index contributed by atoms with van der Waals surface area (Å²) >= 11 is 0. The molecule has 142 valence electrons. The molecule has 5 rings (SSSR count). The number of nitrogens with zero attached hydrogens (tertiary/aromatic N) is 2. The van der Waals surface area contributed by atoms with E-state index in [0.29, 0.717) is 35.3 Å². The summed E-state index contributed by atoms with van der Waals surface area (Å²) in [7, 11) is 0. The molecular weight excluding hydrogens is 356 g/mol. The molecule has 1 aliphatic carbocycles. The average Bonchev–Trinajstić information content (AvgIpc) is 3.14. The lowest BCUT2D eigenvalue weighted by atomic mass is 9.69. The summed E-state index contributed by atoms with van der Waals surface area (Å²) in [5, 5.41) is 29.8. The first kappa shape index (κ1) is 17.0. The molecular formula is C22H20N2O4. The van der Waals surface area contributed by atoms with E-state index in [4.69, 9.17) is 4.74 Å². The Morgan fingerprint density at radius 3 is 2.61 bits per heavy atom. The molecule has 1 atom stereocenters. The summed E-state index contributed by atoms with van der Waals surface area (Å²) in [4.78, 5) is 13.1. The highest BCUT2D eigenvalue weighted by atomic mass is 16.5. The van der Waals surface area contributed by atoms with Crippen LogP contribution in [0.4, 0.5) is 5.69 Å². The molecule has 0 saturated heterocycles. The van der Waals surface area contributed by atoms with Crippen LogP contribution in [0, 0.1) is 5.41 Å². The van der Waals surface area contributed by atoms with Gasteiger partial charge < -0.3 is 14.9 Å². The van der Waals surface area contributed by atoms with E-state index in [1.165, 1.54) is 0 Å². The highest BCUT2D eigenvalue weighted by molar-refractivity contribution is 6.00. The summed E-state index contributed by atoms with van der Waals surface area (Å²) in [6, 6.07) is 9.56. The van der Waals surface area contributed by atoms with Gasteiger partial charge >= 0.3 is 0 Å². The van der Waals surface area contributed by atoms with Crippen molar-refractivity contribution >= 4 is 11.5 Å². The number of ketones is 1. The Kier molecular flexibility index (Phi) is 3.44. The first-order valence-corrected chi connectivity index (χ1v) is 9.34. The van der Waals surface area contributed by atoms with Gasteiger partial charge in [0.05, 0.1) is 12.1 Å². The van der Waals surface area contributed by atoms with E-state index in [2.05, 4.69) is 10.2 Å². The number of phenolic OH excluding ortho intramolecular Hbond substituents is 2. The van der Waals surface area contributed by atoms with E-state index in [0.717, 1.165) is 5.56 Å². The zero-order valence-corrected chi connectivity index (χ0v) is 15.7. The summed E-state index contributed by atoms with van der Waals surface area (Å²) in [5.74, 6) is 0.112. The molecule has 6 heteroatoms. The maximum absolute atomic E-state index is 13.1. The van der Waals surface area contributed by atoms with E-state index in [1.807, 2.05) is 44.2 Å². The fourth-order valence-corrected chi connectivity index (χ4v) is 4.50. The topological polar surface area (TPSA) is 91.5 Å². The van der Waals surface area contributed by atoms with Gasteiger partial charge in [-0.1, -0.05) is 44.2 Å². The SMILES string of the molecule is CC1(C)CC(=O)C2=C(C1)Oc1c(O)c3c(c(O)c1C2c1ccccc1)CN=N3. The van der Waals surface area contributed by atoms with Crippen LogP contribution in [0.2, 0.25) is 0 Å². The molecule has 0 radical (unpaired) electrons. The van der Waals surface area contributed by atoms with Crippen LogP contribution in [0.1, 0.15) is 49.3 Å². The minimum atomic E-state index is -0.500. The number of azo groups is 1. The largest absolute Gasteiger partial charge is 0.507 e. The van der Waals surface area contributed by atoms with Crippen molar-refractivity contribution < 1.29 is 19.7 Å². The number of benzene rings is 2. The van der Waals surface area contributed by atoms with Gasteiger partial charge in [0.2, 0.25) is 0 Å². The van der Waals surface area contributed by atoms with Crippen LogP contribution in [-0.4, -0.2) is 16.0 Å². The Morgan fingerprint density at radius 1 is 1.11 bits per heavy atom. The highest BCUT2D eigenvalue weighted by Gasteiger charge is 2.45. The molecule has 0 fully saturated rings. The Hall–Kier alpha value is -3.15. The van der Waals surface area contributed by atoms with Crippen LogP contribution in [0.3, 0.4) is 0 Å². The maximum Gasteiger partial charge on any atom is 0.187 e. The van der Waals surface area contributed by atoms with E-state index >= 15 is 0 Å². The van der Waals surface area contributed by atoms with Crippen LogP contribution in [0.15, 0.2) is 51.9 Å². The van der Waals surface area contributed by atoms with Gasteiger partial charge in [0.1, 0.15) is 17.2 Å². The van der Waals surface area contributed by atoms with Gasteiger partial charge in [-0.05, 0) is 11.0 Å². The molecule has 0 aromatic heterocycles. The number of hydrogen-bond acceptors (Lipinski definition) is 6. The predicted molar refractivity (Wildman–Crippen MR) is 102 cm³/mol. The number of allylic oxidation sites excluding steroid dienone is 2. The third-order valence-electron chi connectivity index (χ3n) is 5.72. The first-order chi connectivity index (χ1) is 13.4. The third-order valence-corrected chi connectivity index (χ3v) is 5.72. The van der Waals surface area contributed by atoms with Crippen molar-refractivity contribution in [3.05, 3.63) is 58.4 Å². The lowest BCUT2D eigenvalue weighted by Gasteiger charge is -2.38. The lowest BCUT2D eigenvalue weighted by molar-refractivity contribution is -0.118. The van der Waals surface area contributed by atoms with Crippen molar-refractivity contribution in [3.63, 3.8) is 0 Å². The van der Waals surface area contributed by atoms with Crippen molar-refractivity contribution in [2.75, 3.05) is 0 Å². The van der Waals surface area contributed by atoms with Gasteiger partial charge in [0, 0.05) is 29.9 Å².